The quantitative estimate of drug-likeness (QED) is 0.747. The van der Waals surface area contributed by atoms with Crippen LogP contribution in [0, 0.1) is 0 Å². The predicted octanol–water partition coefficient (Wildman–Crippen LogP) is 0.328. The van der Waals surface area contributed by atoms with E-state index in [-0.39, 0.29) is 5.69 Å². The number of carbonyl (C=O) groups is 1. The van der Waals surface area contributed by atoms with E-state index >= 15 is 0 Å². The van der Waals surface area contributed by atoms with Crippen molar-refractivity contribution in [2.75, 3.05) is 0 Å². The summed E-state index contributed by atoms with van der Waals surface area (Å²) in [4.78, 5) is 14.6. The van der Waals surface area contributed by atoms with E-state index in [1.54, 1.807) is 4.57 Å². The van der Waals surface area contributed by atoms with Crippen LogP contribution in [-0.2, 0) is 13.5 Å². The van der Waals surface area contributed by atoms with Crippen LogP contribution >= 0.6 is 0 Å². The van der Waals surface area contributed by atoms with E-state index in [0.29, 0.717) is 5.78 Å². The number of imidazole rings is 1. The number of hydrogen-bond acceptors (Lipinski definition) is 3. The zero-order valence-electron chi connectivity index (χ0n) is 7.93. The number of carboxylic acids is 1. The molecule has 0 fully saturated rings. The molecule has 6 nitrogen and oxygen atoms in total. The molecule has 14 heavy (non-hydrogen) atoms. The van der Waals surface area contributed by atoms with Crippen LogP contribution in [0.4, 0.5) is 0 Å². The molecule has 0 radical (unpaired) electrons. The zero-order valence-corrected chi connectivity index (χ0v) is 7.93. The molecular weight excluding hydrogens is 184 g/mol. The van der Waals surface area contributed by atoms with Gasteiger partial charge in [-0.15, -0.1) is 0 Å². The van der Waals surface area contributed by atoms with Crippen molar-refractivity contribution in [1.82, 2.24) is 19.2 Å². The van der Waals surface area contributed by atoms with E-state index in [1.807, 2.05) is 14.0 Å². The molecule has 0 aliphatic heterocycles. The van der Waals surface area contributed by atoms with E-state index in [4.69, 9.17) is 5.11 Å². The van der Waals surface area contributed by atoms with E-state index < -0.39 is 5.97 Å². The molecule has 2 aromatic rings. The Bertz CT molecular complexity index is 497. The van der Waals surface area contributed by atoms with Gasteiger partial charge < -0.3 is 9.67 Å². The maximum atomic E-state index is 10.6. The lowest BCUT2D eigenvalue weighted by Gasteiger charge is -1.93. The Morgan fingerprint density at radius 3 is 2.86 bits per heavy atom. The van der Waals surface area contributed by atoms with Crippen molar-refractivity contribution in [2.45, 2.75) is 13.3 Å². The molecular formula is C8H10N4O2. The van der Waals surface area contributed by atoms with Gasteiger partial charge >= 0.3 is 5.97 Å². The number of aromatic nitrogens is 4. The van der Waals surface area contributed by atoms with Crippen LogP contribution in [0.15, 0.2) is 6.20 Å². The van der Waals surface area contributed by atoms with Crippen molar-refractivity contribution in [2.24, 2.45) is 7.05 Å². The van der Waals surface area contributed by atoms with Gasteiger partial charge in [0.15, 0.2) is 5.69 Å². The lowest BCUT2D eigenvalue weighted by atomic mass is 10.4. The average molecular weight is 194 g/mol. The molecule has 74 valence electrons. The van der Waals surface area contributed by atoms with Gasteiger partial charge in [-0.25, -0.2) is 14.3 Å². The molecule has 0 spiro atoms. The lowest BCUT2D eigenvalue weighted by molar-refractivity contribution is 0.0691. The molecule has 0 atom stereocenters. The van der Waals surface area contributed by atoms with Gasteiger partial charge in [0.1, 0.15) is 5.82 Å². The molecule has 0 saturated heterocycles. The van der Waals surface area contributed by atoms with E-state index in [0.717, 1.165) is 12.2 Å². The molecule has 2 aromatic heterocycles. The Labute approximate surface area is 79.8 Å². The number of rotatable bonds is 2. The Balaban J connectivity index is 2.64. The predicted molar refractivity (Wildman–Crippen MR) is 48.3 cm³/mol. The van der Waals surface area contributed by atoms with Crippen LogP contribution in [0.3, 0.4) is 0 Å². The normalized spacial score (nSPS) is 11.0. The molecule has 2 rings (SSSR count). The Morgan fingerprint density at radius 2 is 2.36 bits per heavy atom. The number of hydrogen-bond donors (Lipinski definition) is 1. The summed E-state index contributed by atoms with van der Waals surface area (Å²) in [6, 6.07) is 0. The number of fused-ring (bicyclic) bond motifs is 1. The summed E-state index contributed by atoms with van der Waals surface area (Å²) in [5.74, 6) is 0.400. The first kappa shape index (κ1) is 8.74. The van der Waals surface area contributed by atoms with Gasteiger partial charge in [-0.2, -0.15) is 5.10 Å². The van der Waals surface area contributed by atoms with Gasteiger partial charge in [0.2, 0.25) is 5.78 Å². The third-order valence-electron chi connectivity index (χ3n) is 2.12. The summed E-state index contributed by atoms with van der Waals surface area (Å²) in [6.07, 6.45) is 2.21. The van der Waals surface area contributed by atoms with Crippen LogP contribution < -0.4 is 0 Å². The number of carboxylic acid groups (broad SMARTS) is 1. The molecule has 0 saturated carbocycles. The first-order valence-corrected chi connectivity index (χ1v) is 4.27. The van der Waals surface area contributed by atoms with Crippen molar-refractivity contribution in [1.29, 1.82) is 0 Å². The highest BCUT2D eigenvalue weighted by Gasteiger charge is 2.13. The van der Waals surface area contributed by atoms with Gasteiger partial charge in [0.05, 0.1) is 6.20 Å². The smallest absolute Gasteiger partial charge is 0.356 e. The number of nitrogens with zero attached hydrogens (tertiary/aromatic N) is 4. The van der Waals surface area contributed by atoms with Crippen molar-refractivity contribution < 1.29 is 9.90 Å². The molecule has 0 unspecified atom stereocenters. The van der Waals surface area contributed by atoms with Crippen molar-refractivity contribution in [3.05, 3.63) is 17.7 Å². The van der Waals surface area contributed by atoms with Crippen LogP contribution in [0.2, 0.25) is 0 Å². The monoisotopic (exact) mass is 194 g/mol. The standard InChI is InChI=1S/C8H10N4O2/c1-3-6-10-12-4-5(7(13)14)9-8(12)11(6)2/h4H,3H2,1-2H3,(H,13,14). The second kappa shape index (κ2) is 2.83. The summed E-state index contributed by atoms with van der Waals surface area (Å²) in [5.41, 5.74) is 0.0192. The SMILES string of the molecule is CCc1nn2cc(C(=O)O)nc2n1C. The summed E-state index contributed by atoms with van der Waals surface area (Å²) in [5, 5.41) is 12.9. The highest BCUT2D eigenvalue weighted by Crippen LogP contribution is 2.07. The fourth-order valence-corrected chi connectivity index (χ4v) is 1.38. The largest absolute Gasteiger partial charge is 0.476 e. The van der Waals surface area contributed by atoms with Crippen molar-refractivity contribution >= 4 is 11.7 Å². The molecule has 0 aliphatic rings. The third-order valence-corrected chi connectivity index (χ3v) is 2.12. The minimum Gasteiger partial charge on any atom is -0.476 e. The Kier molecular flexibility index (Phi) is 1.77. The summed E-state index contributed by atoms with van der Waals surface area (Å²) < 4.78 is 3.27. The third kappa shape index (κ3) is 1.07. The van der Waals surface area contributed by atoms with Crippen LogP contribution in [0.25, 0.3) is 5.78 Å². The van der Waals surface area contributed by atoms with Gasteiger partial charge in [0, 0.05) is 13.5 Å². The van der Waals surface area contributed by atoms with Gasteiger partial charge in [-0.3, -0.25) is 0 Å². The number of aromatic carboxylic acids is 1. The van der Waals surface area contributed by atoms with E-state index in [2.05, 4.69) is 10.1 Å². The molecule has 0 aromatic carbocycles. The lowest BCUT2D eigenvalue weighted by Crippen LogP contribution is -1.99. The van der Waals surface area contributed by atoms with Gasteiger partial charge in [-0.1, -0.05) is 6.92 Å². The highest BCUT2D eigenvalue weighted by molar-refractivity contribution is 5.85. The van der Waals surface area contributed by atoms with Crippen LogP contribution in [-0.4, -0.2) is 30.2 Å². The van der Waals surface area contributed by atoms with Gasteiger partial charge in [-0.05, 0) is 0 Å². The molecule has 0 aliphatic carbocycles. The molecule has 0 amide bonds. The van der Waals surface area contributed by atoms with Crippen molar-refractivity contribution in [3.8, 4) is 0 Å². The minimum atomic E-state index is -1.03. The maximum absolute atomic E-state index is 10.6. The summed E-state index contributed by atoms with van der Waals surface area (Å²) in [6.45, 7) is 1.99. The second-order valence-corrected chi connectivity index (χ2v) is 3.00. The van der Waals surface area contributed by atoms with E-state index in [9.17, 15) is 4.79 Å². The summed E-state index contributed by atoms with van der Waals surface area (Å²) in [7, 11) is 1.82. The fourth-order valence-electron chi connectivity index (χ4n) is 1.38. The fraction of sp³-hybridized carbons (Fsp3) is 0.375. The van der Waals surface area contributed by atoms with Crippen LogP contribution in [0.5, 0.6) is 0 Å². The van der Waals surface area contributed by atoms with E-state index in [1.165, 1.54) is 10.7 Å². The van der Waals surface area contributed by atoms with Crippen molar-refractivity contribution in [3.63, 3.8) is 0 Å². The maximum Gasteiger partial charge on any atom is 0.356 e. The highest BCUT2D eigenvalue weighted by atomic mass is 16.4. The minimum absolute atomic E-state index is 0.0192. The number of aryl methyl sites for hydroxylation is 2. The Morgan fingerprint density at radius 1 is 1.64 bits per heavy atom. The summed E-state index contributed by atoms with van der Waals surface area (Å²) >= 11 is 0. The average Bonchev–Trinajstić information content (AvgIpc) is 2.66. The first-order chi connectivity index (χ1) is 6.63. The molecule has 6 heteroatoms. The molecule has 1 N–H and O–H groups in total. The first-order valence-electron chi connectivity index (χ1n) is 4.27. The topological polar surface area (TPSA) is 72.4 Å². The second-order valence-electron chi connectivity index (χ2n) is 3.00. The molecule has 0 bridgehead atoms. The van der Waals surface area contributed by atoms with Gasteiger partial charge in [0.25, 0.3) is 0 Å². The zero-order chi connectivity index (χ0) is 10.3. The molecule has 2 heterocycles. The Hall–Kier alpha value is -1.85. The van der Waals surface area contributed by atoms with Crippen LogP contribution in [0.1, 0.15) is 23.2 Å².